The van der Waals surface area contributed by atoms with E-state index in [1.807, 2.05) is 0 Å². The highest BCUT2D eigenvalue weighted by Crippen LogP contribution is 2.40. The van der Waals surface area contributed by atoms with E-state index in [9.17, 15) is 4.79 Å². The topological polar surface area (TPSA) is 55.1 Å². The van der Waals surface area contributed by atoms with Crippen molar-refractivity contribution in [3.63, 3.8) is 0 Å². The molecule has 0 aromatic rings. The van der Waals surface area contributed by atoms with Crippen molar-refractivity contribution in [1.82, 2.24) is 5.32 Å². The van der Waals surface area contributed by atoms with Crippen LogP contribution in [-0.2, 0) is 4.79 Å². The average Bonchev–Trinajstić information content (AvgIpc) is 2.86. The van der Waals surface area contributed by atoms with Crippen LogP contribution in [0.25, 0.3) is 0 Å². The Morgan fingerprint density at radius 3 is 2.46 bits per heavy atom. The molecule has 0 spiro atoms. The van der Waals surface area contributed by atoms with Gasteiger partial charge in [0.1, 0.15) is 0 Å². The Morgan fingerprint density at radius 1 is 1.46 bits per heavy atom. The second-order valence-corrected chi connectivity index (χ2v) is 5.00. The Bertz CT molecular complexity index is 233. The molecule has 0 aromatic carbocycles. The molecule has 74 valence electrons. The van der Waals surface area contributed by atoms with Gasteiger partial charge < -0.3 is 11.1 Å². The number of hydrogen-bond acceptors (Lipinski definition) is 2. The molecule has 0 aliphatic heterocycles. The van der Waals surface area contributed by atoms with E-state index >= 15 is 0 Å². The summed E-state index contributed by atoms with van der Waals surface area (Å²) in [6, 6.07) is 0.549. The first-order valence-electron chi connectivity index (χ1n) is 5.08. The molecule has 2 atom stereocenters. The summed E-state index contributed by atoms with van der Waals surface area (Å²) in [7, 11) is 0. The Morgan fingerprint density at radius 2 is 2.08 bits per heavy atom. The van der Waals surface area contributed by atoms with Gasteiger partial charge in [0.25, 0.3) is 0 Å². The SMILES string of the molecule is CC1(C)C(N)CC1NC(=O)C1CC1. The van der Waals surface area contributed by atoms with E-state index in [-0.39, 0.29) is 17.4 Å². The molecule has 0 heterocycles. The van der Waals surface area contributed by atoms with Crippen molar-refractivity contribution in [2.75, 3.05) is 0 Å². The molecule has 0 saturated heterocycles. The fourth-order valence-electron chi connectivity index (χ4n) is 1.84. The minimum Gasteiger partial charge on any atom is -0.352 e. The summed E-state index contributed by atoms with van der Waals surface area (Å²) in [5.41, 5.74) is 5.95. The Labute approximate surface area is 79.1 Å². The first kappa shape index (κ1) is 9.00. The molecule has 1 amide bonds. The van der Waals surface area contributed by atoms with E-state index in [1.54, 1.807) is 0 Å². The zero-order valence-corrected chi connectivity index (χ0v) is 8.34. The lowest BCUT2D eigenvalue weighted by Crippen LogP contribution is -2.64. The summed E-state index contributed by atoms with van der Waals surface area (Å²) in [6.07, 6.45) is 3.08. The maximum Gasteiger partial charge on any atom is 0.223 e. The molecule has 2 saturated carbocycles. The molecule has 2 fully saturated rings. The number of hydrogen-bond donors (Lipinski definition) is 2. The minimum absolute atomic E-state index is 0.0878. The summed E-state index contributed by atoms with van der Waals surface area (Å²) < 4.78 is 0. The van der Waals surface area contributed by atoms with E-state index in [4.69, 9.17) is 5.73 Å². The third-order valence-corrected chi connectivity index (χ3v) is 3.61. The van der Waals surface area contributed by atoms with Crippen LogP contribution in [0.2, 0.25) is 0 Å². The normalized spacial score (nSPS) is 36.5. The van der Waals surface area contributed by atoms with Crippen molar-refractivity contribution in [3.05, 3.63) is 0 Å². The Balaban J connectivity index is 1.86. The quantitative estimate of drug-likeness (QED) is 0.658. The lowest BCUT2D eigenvalue weighted by atomic mass is 9.63. The van der Waals surface area contributed by atoms with Crippen LogP contribution in [0.3, 0.4) is 0 Å². The molecule has 2 aliphatic carbocycles. The molecule has 13 heavy (non-hydrogen) atoms. The van der Waals surface area contributed by atoms with E-state index in [2.05, 4.69) is 19.2 Å². The Kier molecular flexibility index (Phi) is 1.88. The molecule has 3 N–H and O–H groups in total. The summed E-state index contributed by atoms with van der Waals surface area (Å²) in [5.74, 6) is 0.553. The van der Waals surface area contributed by atoms with Crippen LogP contribution in [0.1, 0.15) is 33.1 Å². The van der Waals surface area contributed by atoms with E-state index in [0.29, 0.717) is 12.0 Å². The van der Waals surface area contributed by atoms with Crippen molar-refractivity contribution in [2.45, 2.75) is 45.2 Å². The van der Waals surface area contributed by atoms with Gasteiger partial charge in [-0.25, -0.2) is 0 Å². The molecule has 3 heteroatoms. The highest BCUT2D eigenvalue weighted by Gasteiger charge is 2.47. The second kappa shape index (κ2) is 2.71. The lowest BCUT2D eigenvalue weighted by Gasteiger charge is -2.50. The van der Waals surface area contributed by atoms with Crippen LogP contribution in [0.4, 0.5) is 0 Å². The monoisotopic (exact) mass is 182 g/mol. The zero-order valence-electron chi connectivity index (χ0n) is 8.34. The molecule has 0 aromatic heterocycles. The van der Waals surface area contributed by atoms with Crippen LogP contribution >= 0.6 is 0 Å². The summed E-state index contributed by atoms with van der Waals surface area (Å²) in [4.78, 5) is 11.5. The molecule has 2 unspecified atom stereocenters. The molecule has 2 rings (SSSR count). The second-order valence-electron chi connectivity index (χ2n) is 5.00. The van der Waals surface area contributed by atoms with Crippen molar-refractivity contribution < 1.29 is 4.79 Å². The van der Waals surface area contributed by atoms with Gasteiger partial charge in [0.05, 0.1) is 0 Å². The number of nitrogens with two attached hydrogens (primary N) is 1. The van der Waals surface area contributed by atoms with Crippen molar-refractivity contribution in [1.29, 1.82) is 0 Å². The van der Waals surface area contributed by atoms with Gasteiger partial charge in [-0.05, 0) is 19.3 Å². The Hall–Kier alpha value is -0.570. The molecule has 0 radical (unpaired) electrons. The molecular formula is C10H18N2O. The van der Waals surface area contributed by atoms with Gasteiger partial charge in [0, 0.05) is 23.4 Å². The van der Waals surface area contributed by atoms with Crippen molar-refractivity contribution in [2.24, 2.45) is 17.1 Å². The van der Waals surface area contributed by atoms with Gasteiger partial charge in [-0.3, -0.25) is 4.79 Å². The first-order valence-corrected chi connectivity index (χ1v) is 5.08. The minimum atomic E-state index is 0.0878. The van der Waals surface area contributed by atoms with E-state index < -0.39 is 0 Å². The first-order chi connectivity index (χ1) is 6.01. The molecular weight excluding hydrogens is 164 g/mol. The van der Waals surface area contributed by atoms with Gasteiger partial charge >= 0.3 is 0 Å². The zero-order chi connectivity index (χ0) is 9.64. The standard InChI is InChI=1S/C10H18N2O/c1-10(2)7(11)5-8(10)12-9(13)6-3-4-6/h6-8H,3-5,11H2,1-2H3,(H,12,13). The largest absolute Gasteiger partial charge is 0.352 e. The average molecular weight is 182 g/mol. The number of nitrogens with one attached hydrogen (secondary N) is 1. The van der Waals surface area contributed by atoms with Crippen LogP contribution < -0.4 is 11.1 Å². The maximum absolute atomic E-state index is 11.5. The third-order valence-electron chi connectivity index (χ3n) is 3.61. The number of rotatable bonds is 2. The highest BCUT2D eigenvalue weighted by atomic mass is 16.2. The lowest BCUT2D eigenvalue weighted by molar-refractivity contribution is -0.125. The predicted molar refractivity (Wildman–Crippen MR) is 51.0 cm³/mol. The number of carbonyl (C=O) groups excluding carboxylic acids is 1. The van der Waals surface area contributed by atoms with E-state index in [0.717, 1.165) is 19.3 Å². The maximum atomic E-state index is 11.5. The van der Waals surface area contributed by atoms with Crippen LogP contribution in [-0.4, -0.2) is 18.0 Å². The van der Waals surface area contributed by atoms with Gasteiger partial charge in [0.2, 0.25) is 5.91 Å². The molecule has 2 aliphatic rings. The predicted octanol–water partition coefficient (Wildman–Crippen LogP) is 0.638. The van der Waals surface area contributed by atoms with Crippen LogP contribution in [0.15, 0.2) is 0 Å². The number of amides is 1. The van der Waals surface area contributed by atoms with Gasteiger partial charge in [-0.1, -0.05) is 13.8 Å². The third kappa shape index (κ3) is 1.46. The van der Waals surface area contributed by atoms with Gasteiger partial charge in [-0.15, -0.1) is 0 Å². The molecule has 3 nitrogen and oxygen atoms in total. The smallest absolute Gasteiger partial charge is 0.223 e. The van der Waals surface area contributed by atoms with Gasteiger partial charge in [0.15, 0.2) is 0 Å². The van der Waals surface area contributed by atoms with Gasteiger partial charge in [-0.2, -0.15) is 0 Å². The highest BCUT2D eigenvalue weighted by molar-refractivity contribution is 5.81. The van der Waals surface area contributed by atoms with Crippen LogP contribution in [0.5, 0.6) is 0 Å². The summed E-state index contributed by atoms with van der Waals surface area (Å²) in [6.45, 7) is 4.25. The summed E-state index contributed by atoms with van der Waals surface area (Å²) in [5, 5.41) is 3.08. The van der Waals surface area contributed by atoms with Crippen LogP contribution in [0, 0.1) is 11.3 Å². The van der Waals surface area contributed by atoms with E-state index in [1.165, 1.54) is 0 Å². The fourth-order valence-corrected chi connectivity index (χ4v) is 1.84. The summed E-state index contributed by atoms with van der Waals surface area (Å²) >= 11 is 0. The van der Waals surface area contributed by atoms with Crippen molar-refractivity contribution in [3.8, 4) is 0 Å². The number of carbonyl (C=O) groups is 1. The van der Waals surface area contributed by atoms with Crippen molar-refractivity contribution >= 4 is 5.91 Å². The molecule has 0 bridgehead atoms. The fraction of sp³-hybridized carbons (Fsp3) is 0.900.